The van der Waals surface area contributed by atoms with Gasteiger partial charge in [0.15, 0.2) is 0 Å². The molecule has 0 aromatic heterocycles. The highest BCUT2D eigenvalue weighted by Gasteiger charge is 2.41. The molecule has 0 fully saturated rings. The van der Waals surface area contributed by atoms with E-state index in [1.807, 2.05) is 0 Å². The molecule has 21 heavy (non-hydrogen) atoms. The Hall–Kier alpha value is -1.21. The van der Waals surface area contributed by atoms with Gasteiger partial charge in [-0.3, -0.25) is 0 Å². The zero-order valence-electron chi connectivity index (χ0n) is 11.8. The van der Waals surface area contributed by atoms with Gasteiger partial charge in [-0.2, -0.15) is 8.78 Å². The van der Waals surface area contributed by atoms with Gasteiger partial charge in [-0.05, 0) is 19.5 Å². The number of aryl methyl sites for hydroxylation is 1. The molecule has 0 saturated carbocycles. The van der Waals surface area contributed by atoms with Crippen LogP contribution < -0.4 is 5.32 Å². The number of halogens is 5. The lowest BCUT2D eigenvalue weighted by Crippen LogP contribution is -2.34. The average molecular weight is 311 g/mol. The molecule has 1 aromatic rings. The molecular formula is C14H18F5NO. The van der Waals surface area contributed by atoms with Crippen LogP contribution in [0.5, 0.6) is 0 Å². The Balaban J connectivity index is 2.72. The second-order valence-corrected chi connectivity index (χ2v) is 4.71. The van der Waals surface area contributed by atoms with Gasteiger partial charge in [-0.15, -0.1) is 0 Å². The fraction of sp³-hybridized carbons (Fsp3) is 0.571. The molecule has 1 atom stereocenters. The molecule has 1 rings (SSSR count). The lowest BCUT2D eigenvalue weighted by atomic mass is 10.0. The van der Waals surface area contributed by atoms with Crippen LogP contribution in [-0.2, 0) is 4.74 Å². The Kier molecular flexibility index (Phi) is 6.54. The molecule has 0 amide bonds. The van der Waals surface area contributed by atoms with E-state index in [9.17, 15) is 22.0 Å². The Morgan fingerprint density at radius 2 is 1.95 bits per heavy atom. The first-order valence-electron chi connectivity index (χ1n) is 6.51. The maximum Gasteiger partial charge on any atom is 0.330 e. The third-order valence-electron chi connectivity index (χ3n) is 2.88. The number of alkyl halides is 4. The van der Waals surface area contributed by atoms with Gasteiger partial charge in [-0.25, -0.2) is 13.2 Å². The molecule has 1 unspecified atom stereocenters. The molecule has 0 spiro atoms. The predicted molar refractivity (Wildman–Crippen MR) is 69.3 cm³/mol. The van der Waals surface area contributed by atoms with Gasteiger partial charge in [0.2, 0.25) is 0 Å². The van der Waals surface area contributed by atoms with Crippen LogP contribution in [0.4, 0.5) is 22.0 Å². The van der Waals surface area contributed by atoms with Crippen molar-refractivity contribution in [2.45, 2.75) is 32.2 Å². The van der Waals surface area contributed by atoms with Crippen LogP contribution in [0.15, 0.2) is 18.2 Å². The van der Waals surface area contributed by atoms with Crippen LogP contribution in [0.1, 0.15) is 24.1 Å². The highest BCUT2D eigenvalue weighted by molar-refractivity contribution is 5.27. The molecule has 0 aliphatic rings. The molecule has 1 N–H and O–H groups in total. The summed E-state index contributed by atoms with van der Waals surface area (Å²) < 4.78 is 68.0. The van der Waals surface area contributed by atoms with Crippen molar-refractivity contribution >= 4 is 0 Å². The Morgan fingerprint density at radius 3 is 2.52 bits per heavy atom. The first-order chi connectivity index (χ1) is 9.77. The van der Waals surface area contributed by atoms with Gasteiger partial charge in [-0.1, -0.05) is 24.6 Å². The van der Waals surface area contributed by atoms with E-state index in [0.29, 0.717) is 6.54 Å². The Morgan fingerprint density at radius 1 is 1.29 bits per heavy atom. The first kappa shape index (κ1) is 17.8. The number of likely N-dealkylation sites (N-methyl/N-ethyl adjacent to an activating group) is 1. The van der Waals surface area contributed by atoms with Crippen molar-refractivity contribution in [1.82, 2.24) is 5.32 Å². The van der Waals surface area contributed by atoms with E-state index in [1.165, 1.54) is 6.07 Å². The topological polar surface area (TPSA) is 21.3 Å². The lowest BCUT2D eigenvalue weighted by molar-refractivity contribution is -0.167. The Labute approximate surface area is 120 Å². The van der Waals surface area contributed by atoms with Crippen molar-refractivity contribution in [1.29, 1.82) is 0 Å². The van der Waals surface area contributed by atoms with Gasteiger partial charge in [0, 0.05) is 5.56 Å². The van der Waals surface area contributed by atoms with Crippen molar-refractivity contribution in [2.75, 3.05) is 19.8 Å². The van der Waals surface area contributed by atoms with E-state index in [1.54, 1.807) is 26.0 Å². The number of hydrogen-bond acceptors (Lipinski definition) is 2. The summed E-state index contributed by atoms with van der Waals surface area (Å²) in [7, 11) is 0. The second-order valence-electron chi connectivity index (χ2n) is 4.71. The van der Waals surface area contributed by atoms with E-state index in [4.69, 9.17) is 0 Å². The maximum absolute atomic E-state index is 13.8. The van der Waals surface area contributed by atoms with Crippen molar-refractivity contribution in [3.63, 3.8) is 0 Å². The summed E-state index contributed by atoms with van der Waals surface area (Å²) in [6.07, 6.45) is -3.79. The van der Waals surface area contributed by atoms with Gasteiger partial charge in [0.1, 0.15) is 12.4 Å². The highest BCUT2D eigenvalue weighted by Crippen LogP contribution is 2.24. The number of benzene rings is 1. The van der Waals surface area contributed by atoms with Crippen LogP contribution in [0, 0.1) is 12.7 Å². The largest absolute Gasteiger partial charge is 0.373 e. The van der Waals surface area contributed by atoms with Gasteiger partial charge < -0.3 is 10.1 Å². The van der Waals surface area contributed by atoms with E-state index in [2.05, 4.69) is 10.1 Å². The number of ether oxygens (including phenoxy) is 1. The van der Waals surface area contributed by atoms with Gasteiger partial charge >= 0.3 is 12.3 Å². The summed E-state index contributed by atoms with van der Waals surface area (Å²) in [6, 6.07) is 3.73. The minimum Gasteiger partial charge on any atom is -0.373 e. The molecule has 120 valence electrons. The standard InChI is InChI=1S/C14H18F5NO/c1-3-20-12(7-21-8-14(18,19)13(16)17)10-6-9(2)4-5-11(10)15/h4-6,12-13,20H,3,7-8H2,1-2H3. The van der Waals surface area contributed by atoms with Crippen molar-refractivity contribution in [3.8, 4) is 0 Å². The van der Waals surface area contributed by atoms with Crippen molar-refractivity contribution in [2.24, 2.45) is 0 Å². The molecule has 2 nitrogen and oxygen atoms in total. The molecule has 1 aromatic carbocycles. The molecular weight excluding hydrogens is 293 g/mol. The molecule has 0 aliphatic heterocycles. The summed E-state index contributed by atoms with van der Waals surface area (Å²) in [5.74, 6) is -4.71. The molecule has 0 saturated heterocycles. The predicted octanol–water partition coefficient (Wildman–Crippen LogP) is 3.70. The van der Waals surface area contributed by atoms with E-state index < -0.39 is 30.8 Å². The smallest absolute Gasteiger partial charge is 0.330 e. The third-order valence-corrected chi connectivity index (χ3v) is 2.88. The SMILES string of the molecule is CCNC(COCC(F)(F)C(F)F)c1cc(C)ccc1F. The molecule has 0 aliphatic carbocycles. The first-order valence-corrected chi connectivity index (χ1v) is 6.51. The van der Waals surface area contributed by atoms with Crippen LogP contribution in [0.2, 0.25) is 0 Å². The fourth-order valence-electron chi connectivity index (χ4n) is 1.81. The number of nitrogens with one attached hydrogen (secondary N) is 1. The van der Waals surface area contributed by atoms with E-state index in [0.717, 1.165) is 5.56 Å². The third kappa shape index (κ3) is 5.24. The minimum atomic E-state index is -4.21. The van der Waals surface area contributed by atoms with Crippen molar-refractivity contribution in [3.05, 3.63) is 35.1 Å². The van der Waals surface area contributed by atoms with Crippen LogP contribution in [-0.4, -0.2) is 32.1 Å². The van der Waals surface area contributed by atoms with Crippen LogP contribution in [0.3, 0.4) is 0 Å². The molecule has 0 radical (unpaired) electrons. The molecule has 7 heteroatoms. The van der Waals surface area contributed by atoms with E-state index >= 15 is 0 Å². The van der Waals surface area contributed by atoms with Gasteiger partial charge in [0.05, 0.1) is 12.6 Å². The monoisotopic (exact) mass is 311 g/mol. The van der Waals surface area contributed by atoms with E-state index in [-0.39, 0.29) is 12.2 Å². The Bertz CT molecular complexity index is 453. The second kappa shape index (κ2) is 7.70. The van der Waals surface area contributed by atoms with Crippen LogP contribution >= 0.6 is 0 Å². The molecule has 0 heterocycles. The normalized spacial score (nSPS) is 13.7. The van der Waals surface area contributed by atoms with Gasteiger partial charge in [0.25, 0.3) is 0 Å². The number of hydrogen-bond donors (Lipinski definition) is 1. The van der Waals surface area contributed by atoms with Crippen LogP contribution in [0.25, 0.3) is 0 Å². The summed E-state index contributed by atoms with van der Waals surface area (Å²) >= 11 is 0. The highest BCUT2D eigenvalue weighted by atomic mass is 19.3. The quantitative estimate of drug-likeness (QED) is 0.739. The summed E-state index contributed by atoms with van der Waals surface area (Å²) in [5, 5.41) is 2.89. The zero-order valence-corrected chi connectivity index (χ0v) is 11.8. The fourth-order valence-corrected chi connectivity index (χ4v) is 1.81. The number of rotatable bonds is 8. The minimum absolute atomic E-state index is 0.261. The zero-order chi connectivity index (χ0) is 16.0. The summed E-state index contributed by atoms with van der Waals surface area (Å²) in [5.41, 5.74) is 1.06. The van der Waals surface area contributed by atoms with Crippen molar-refractivity contribution < 1.29 is 26.7 Å². The maximum atomic E-state index is 13.8. The summed E-state index contributed by atoms with van der Waals surface area (Å²) in [6.45, 7) is 2.25. The molecule has 0 bridgehead atoms. The summed E-state index contributed by atoms with van der Waals surface area (Å²) in [4.78, 5) is 0. The lowest BCUT2D eigenvalue weighted by Gasteiger charge is -2.21. The average Bonchev–Trinajstić information content (AvgIpc) is 2.40.